The number of methoxy groups -OCH3 is 1. The third-order valence-electron chi connectivity index (χ3n) is 5.92. The van der Waals surface area contributed by atoms with Crippen LogP contribution >= 0.6 is 8.58 Å². The zero-order valence-corrected chi connectivity index (χ0v) is 18.5. The topological polar surface area (TPSA) is 21.7 Å². The second-order valence-corrected chi connectivity index (χ2v) is 9.27. The van der Waals surface area contributed by atoms with Crippen LogP contribution in [0.15, 0.2) is 48.5 Å². The van der Waals surface area contributed by atoms with Gasteiger partial charge in [-0.05, 0) is 49.5 Å². The average Bonchev–Trinajstić information content (AvgIpc) is 2.77. The van der Waals surface area contributed by atoms with Gasteiger partial charge in [-0.25, -0.2) is 0 Å². The van der Waals surface area contributed by atoms with Crippen LogP contribution in [0.1, 0.15) is 51.5 Å². The van der Waals surface area contributed by atoms with Crippen LogP contribution in [-0.2, 0) is 9.89 Å². The second-order valence-electron chi connectivity index (χ2n) is 7.53. The fraction of sp³-hybridized carbons (Fsp3) is 0.500. The molecule has 1 unspecified atom stereocenters. The summed E-state index contributed by atoms with van der Waals surface area (Å²) in [5, 5.41) is 1.56. The SMILES string of the molecule is CCC(CC)(Pc1ccccc1N1CCCCC1)c1ccccc1OCOC. The van der Waals surface area contributed by atoms with E-state index in [9.17, 15) is 0 Å². The van der Waals surface area contributed by atoms with Crippen LogP contribution in [0.25, 0.3) is 0 Å². The van der Waals surface area contributed by atoms with Crippen molar-refractivity contribution in [1.82, 2.24) is 0 Å². The van der Waals surface area contributed by atoms with Crippen molar-refractivity contribution in [3.8, 4) is 5.75 Å². The zero-order chi connectivity index (χ0) is 19.8. The first kappa shape index (κ1) is 21.1. The van der Waals surface area contributed by atoms with E-state index in [1.165, 1.54) is 48.9 Å². The predicted molar refractivity (Wildman–Crippen MR) is 122 cm³/mol. The van der Waals surface area contributed by atoms with E-state index in [-0.39, 0.29) is 11.9 Å². The molecule has 3 rings (SSSR count). The minimum atomic E-state index is 0.0796. The van der Waals surface area contributed by atoms with E-state index in [0.717, 1.165) is 18.6 Å². The molecule has 152 valence electrons. The third kappa shape index (κ3) is 4.70. The molecule has 1 saturated heterocycles. The normalized spacial score (nSPS) is 15.3. The minimum Gasteiger partial charge on any atom is -0.467 e. The van der Waals surface area contributed by atoms with Crippen molar-refractivity contribution in [3.05, 3.63) is 54.1 Å². The lowest BCUT2D eigenvalue weighted by atomic mass is 9.92. The van der Waals surface area contributed by atoms with Crippen molar-refractivity contribution in [3.63, 3.8) is 0 Å². The Balaban J connectivity index is 1.96. The number of anilines is 1. The Morgan fingerprint density at radius 2 is 1.61 bits per heavy atom. The maximum Gasteiger partial charge on any atom is 0.188 e. The smallest absolute Gasteiger partial charge is 0.188 e. The maximum atomic E-state index is 5.95. The van der Waals surface area contributed by atoms with Crippen LogP contribution in [0, 0.1) is 0 Å². The Labute approximate surface area is 172 Å². The lowest BCUT2D eigenvalue weighted by molar-refractivity contribution is 0.0499. The highest BCUT2D eigenvalue weighted by atomic mass is 31.1. The van der Waals surface area contributed by atoms with E-state index in [1.807, 2.05) is 0 Å². The van der Waals surface area contributed by atoms with Gasteiger partial charge in [-0.1, -0.05) is 58.8 Å². The lowest BCUT2D eigenvalue weighted by Crippen LogP contribution is -2.33. The minimum absolute atomic E-state index is 0.0796. The molecule has 3 nitrogen and oxygen atoms in total. The molecule has 1 aliphatic rings. The third-order valence-corrected chi connectivity index (χ3v) is 8.06. The summed E-state index contributed by atoms with van der Waals surface area (Å²) in [5.41, 5.74) is 2.74. The van der Waals surface area contributed by atoms with Crippen LogP contribution in [0.2, 0.25) is 0 Å². The molecule has 28 heavy (non-hydrogen) atoms. The van der Waals surface area contributed by atoms with Gasteiger partial charge in [0.25, 0.3) is 0 Å². The monoisotopic (exact) mass is 399 g/mol. The van der Waals surface area contributed by atoms with Gasteiger partial charge < -0.3 is 14.4 Å². The molecule has 0 spiro atoms. The number of nitrogens with zero attached hydrogens (tertiary/aromatic N) is 1. The fourth-order valence-corrected chi connectivity index (χ4v) is 5.99. The lowest BCUT2D eigenvalue weighted by Gasteiger charge is -2.37. The summed E-state index contributed by atoms with van der Waals surface area (Å²) in [6, 6.07) is 17.5. The van der Waals surface area contributed by atoms with Gasteiger partial charge in [-0.3, -0.25) is 0 Å². The molecule has 0 saturated carbocycles. The number of benzene rings is 2. The Morgan fingerprint density at radius 3 is 2.32 bits per heavy atom. The molecule has 0 aromatic heterocycles. The Bertz CT molecular complexity index is 739. The summed E-state index contributed by atoms with van der Waals surface area (Å²) < 4.78 is 11.1. The number of ether oxygens (including phenoxy) is 2. The summed E-state index contributed by atoms with van der Waals surface area (Å²) in [4.78, 5) is 2.59. The van der Waals surface area contributed by atoms with Crippen LogP contribution in [0.3, 0.4) is 0 Å². The summed E-state index contributed by atoms with van der Waals surface area (Å²) in [6.45, 7) is 7.27. The Kier molecular flexibility index (Phi) is 7.76. The van der Waals surface area contributed by atoms with Gasteiger partial charge in [0.15, 0.2) is 6.79 Å². The quantitative estimate of drug-likeness (QED) is 0.400. The van der Waals surface area contributed by atoms with E-state index in [0.29, 0.717) is 8.58 Å². The van der Waals surface area contributed by atoms with E-state index in [1.54, 1.807) is 7.11 Å². The Hall–Kier alpha value is -1.57. The van der Waals surface area contributed by atoms with E-state index in [2.05, 4.69) is 67.3 Å². The van der Waals surface area contributed by atoms with Gasteiger partial charge in [0.05, 0.1) is 0 Å². The molecule has 0 amide bonds. The molecule has 0 aliphatic carbocycles. The van der Waals surface area contributed by atoms with Crippen molar-refractivity contribution < 1.29 is 9.47 Å². The average molecular weight is 400 g/mol. The second kappa shape index (κ2) is 10.3. The van der Waals surface area contributed by atoms with Crippen molar-refractivity contribution in [1.29, 1.82) is 0 Å². The predicted octanol–water partition coefficient (Wildman–Crippen LogP) is 5.68. The van der Waals surface area contributed by atoms with Crippen molar-refractivity contribution in [2.24, 2.45) is 0 Å². The molecule has 0 N–H and O–H groups in total. The molecule has 0 radical (unpaired) electrons. The number of rotatable bonds is 9. The van der Waals surface area contributed by atoms with Crippen molar-refractivity contribution in [2.75, 3.05) is 31.9 Å². The van der Waals surface area contributed by atoms with E-state index in [4.69, 9.17) is 9.47 Å². The molecular weight excluding hydrogens is 365 g/mol. The van der Waals surface area contributed by atoms with E-state index < -0.39 is 0 Å². The molecule has 2 aromatic rings. The first-order chi connectivity index (χ1) is 13.7. The molecule has 1 atom stereocenters. The molecule has 1 fully saturated rings. The van der Waals surface area contributed by atoms with E-state index >= 15 is 0 Å². The molecule has 4 heteroatoms. The van der Waals surface area contributed by atoms with Crippen LogP contribution < -0.4 is 14.9 Å². The molecule has 2 aromatic carbocycles. The highest BCUT2D eigenvalue weighted by Crippen LogP contribution is 2.51. The first-order valence-electron chi connectivity index (χ1n) is 10.6. The van der Waals surface area contributed by atoms with Crippen LogP contribution in [0.5, 0.6) is 5.75 Å². The van der Waals surface area contributed by atoms with Gasteiger partial charge in [0.1, 0.15) is 5.75 Å². The molecule has 1 aliphatic heterocycles. The fourth-order valence-electron chi connectivity index (χ4n) is 4.23. The van der Waals surface area contributed by atoms with Gasteiger partial charge in [0, 0.05) is 36.6 Å². The van der Waals surface area contributed by atoms with Crippen LogP contribution in [0.4, 0.5) is 5.69 Å². The maximum absolute atomic E-state index is 5.95. The number of hydrogen-bond acceptors (Lipinski definition) is 3. The van der Waals surface area contributed by atoms with Gasteiger partial charge >= 0.3 is 0 Å². The summed E-state index contributed by atoms with van der Waals surface area (Å²) >= 11 is 0. The molecular formula is C24H34NO2P. The first-order valence-corrected chi connectivity index (χ1v) is 11.6. The largest absolute Gasteiger partial charge is 0.467 e. The number of hydrogen-bond donors (Lipinski definition) is 0. The molecule has 0 bridgehead atoms. The number of piperidine rings is 1. The van der Waals surface area contributed by atoms with Crippen molar-refractivity contribution >= 4 is 19.6 Å². The van der Waals surface area contributed by atoms with Gasteiger partial charge in [-0.15, -0.1) is 0 Å². The summed E-state index contributed by atoms with van der Waals surface area (Å²) in [6.07, 6.45) is 6.14. The van der Waals surface area contributed by atoms with Gasteiger partial charge in [-0.2, -0.15) is 0 Å². The highest BCUT2D eigenvalue weighted by molar-refractivity contribution is 7.49. The standard InChI is InChI=1S/C24H34NO2P/c1-4-24(5-2,20-13-7-9-15-22(20)27-19-26-3)28-23-16-10-8-14-21(23)25-17-11-6-12-18-25/h7-10,13-16,28H,4-6,11-12,17-19H2,1-3H3. The summed E-state index contributed by atoms with van der Waals surface area (Å²) in [7, 11) is 2.38. The Morgan fingerprint density at radius 1 is 0.929 bits per heavy atom. The summed E-state index contributed by atoms with van der Waals surface area (Å²) in [5.74, 6) is 0.955. The van der Waals surface area contributed by atoms with Gasteiger partial charge in [0.2, 0.25) is 0 Å². The zero-order valence-electron chi connectivity index (χ0n) is 17.5. The number of para-hydroxylation sites is 2. The molecule has 1 heterocycles. The van der Waals surface area contributed by atoms with Crippen molar-refractivity contribution in [2.45, 2.75) is 51.1 Å². The van der Waals surface area contributed by atoms with Crippen LogP contribution in [-0.4, -0.2) is 27.0 Å². The highest BCUT2D eigenvalue weighted by Gasteiger charge is 2.33.